The fourth-order valence-electron chi connectivity index (χ4n) is 3.30. The van der Waals surface area contributed by atoms with Crippen LogP contribution in [0.2, 0.25) is 0 Å². The van der Waals surface area contributed by atoms with Gasteiger partial charge in [-0.1, -0.05) is 13.8 Å². The Bertz CT molecular complexity index is 227. The van der Waals surface area contributed by atoms with Crippen molar-refractivity contribution in [2.75, 3.05) is 13.1 Å². The van der Waals surface area contributed by atoms with E-state index in [-0.39, 0.29) is 0 Å². The Kier molecular flexibility index (Phi) is 3.91. The van der Waals surface area contributed by atoms with Gasteiger partial charge in [0.2, 0.25) is 0 Å². The third-order valence-electron chi connectivity index (χ3n) is 4.87. The molecule has 0 aromatic rings. The highest BCUT2D eigenvalue weighted by molar-refractivity contribution is 4.90. The predicted octanol–water partition coefficient (Wildman–Crippen LogP) is 2.49. The van der Waals surface area contributed by atoms with Gasteiger partial charge in [-0.15, -0.1) is 0 Å². The second-order valence-corrected chi connectivity index (χ2v) is 6.26. The molecule has 1 saturated carbocycles. The van der Waals surface area contributed by atoms with Crippen molar-refractivity contribution in [3.8, 4) is 0 Å². The van der Waals surface area contributed by atoms with E-state index in [0.717, 1.165) is 23.9 Å². The zero-order chi connectivity index (χ0) is 11.7. The van der Waals surface area contributed by atoms with Gasteiger partial charge in [0, 0.05) is 24.7 Å². The van der Waals surface area contributed by atoms with Gasteiger partial charge < -0.3 is 5.32 Å². The zero-order valence-electron chi connectivity index (χ0n) is 11.4. The normalized spacial score (nSPS) is 41.1. The van der Waals surface area contributed by atoms with Crippen LogP contribution in [-0.2, 0) is 0 Å². The molecule has 2 aliphatic rings. The summed E-state index contributed by atoms with van der Waals surface area (Å²) in [4.78, 5) is 2.60. The van der Waals surface area contributed by atoms with E-state index in [1.54, 1.807) is 0 Å². The molecular formula is C14H28N2. The number of hydrogen-bond acceptors (Lipinski definition) is 2. The van der Waals surface area contributed by atoms with Gasteiger partial charge in [-0.25, -0.2) is 0 Å². The average Bonchev–Trinajstić information content (AvgIpc) is 2.81. The molecule has 94 valence electrons. The van der Waals surface area contributed by atoms with Crippen molar-refractivity contribution in [1.29, 1.82) is 0 Å². The van der Waals surface area contributed by atoms with Gasteiger partial charge in [-0.2, -0.15) is 0 Å². The summed E-state index contributed by atoms with van der Waals surface area (Å²) in [5, 5.41) is 3.90. The van der Waals surface area contributed by atoms with Crippen molar-refractivity contribution >= 4 is 0 Å². The first-order valence-corrected chi connectivity index (χ1v) is 7.08. The Morgan fingerprint density at radius 2 is 1.88 bits per heavy atom. The molecule has 0 amide bonds. The monoisotopic (exact) mass is 224 g/mol. The molecule has 0 aromatic carbocycles. The number of nitrogens with one attached hydrogen (secondary N) is 1. The van der Waals surface area contributed by atoms with E-state index >= 15 is 0 Å². The van der Waals surface area contributed by atoms with Crippen molar-refractivity contribution in [3.63, 3.8) is 0 Å². The fourth-order valence-corrected chi connectivity index (χ4v) is 3.30. The summed E-state index contributed by atoms with van der Waals surface area (Å²) in [6.45, 7) is 12.0. The minimum atomic E-state index is 0.715. The van der Waals surface area contributed by atoms with Gasteiger partial charge in [-0.05, 0) is 51.5 Å². The molecular weight excluding hydrogens is 196 g/mol. The van der Waals surface area contributed by atoms with Crippen molar-refractivity contribution in [1.82, 2.24) is 10.2 Å². The second-order valence-electron chi connectivity index (χ2n) is 6.26. The van der Waals surface area contributed by atoms with E-state index in [1.807, 2.05) is 0 Å². The van der Waals surface area contributed by atoms with Crippen LogP contribution in [0.5, 0.6) is 0 Å². The van der Waals surface area contributed by atoms with E-state index in [4.69, 9.17) is 0 Å². The molecule has 0 aromatic heterocycles. The molecule has 1 aliphatic heterocycles. The lowest BCUT2D eigenvalue weighted by Crippen LogP contribution is -2.42. The Balaban J connectivity index is 1.79. The van der Waals surface area contributed by atoms with Gasteiger partial charge >= 0.3 is 0 Å². The molecule has 4 atom stereocenters. The summed E-state index contributed by atoms with van der Waals surface area (Å²) >= 11 is 0. The summed E-state index contributed by atoms with van der Waals surface area (Å²) in [7, 11) is 0. The van der Waals surface area contributed by atoms with Crippen molar-refractivity contribution in [2.24, 2.45) is 11.8 Å². The fraction of sp³-hybridized carbons (Fsp3) is 1.00. The molecule has 16 heavy (non-hydrogen) atoms. The number of hydrogen-bond donors (Lipinski definition) is 1. The van der Waals surface area contributed by atoms with Gasteiger partial charge in [0.05, 0.1) is 0 Å². The zero-order valence-corrected chi connectivity index (χ0v) is 11.4. The van der Waals surface area contributed by atoms with Crippen LogP contribution in [0.15, 0.2) is 0 Å². The quantitative estimate of drug-likeness (QED) is 0.792. The molecule has 1 saturated heterocycles. The molecule has 0 spiro atoms. The first kappa shape index (κ1) is 12.4. The first-order valence-electron chi connectivity index (χ1n) is 7.08. The minimum Gasteiger partial charge on any atom is -0.310 e. The van der Waals surface area contributed by atoms with Crippen molar-refractivity contribution in [2.45, 2.75) is 65.1 Å². The molecule has 2 rings (SSSR count). The van der Waals surface area contributed by atoms with Crippen LogP contribution >= 0.6 is 0 Å². The molecule has 2 nitrogen and oxygen atoms in total. The van der Waals surface area contributed by atoms with E-state index in [2.05, 4.69) is 37.9 Å². The standard InChI is InChI=1S/C14H28N2/c1-10(2)16-8-7-13(9-16)15-14-6-5-11(3)12(14)4/h10-15H,5-9H2,1-4H3. The minimum absolute atomic E-state index is 0.715. The third kappa shape index (κ3) is 2.60. The van der Waals surface area contributed by atoms with Gasteiger partial charge in [0.1, 0.15) is 0 Å². The highest BCUT2D eigenvalue weighted by Crippen LogP contribution is 2.31. The van der Waals surface area contributed by atoms with Crippen LogP contribution in [0.25, 0.3) is 0 Å². The lowest BCUT2D eigenvalue weighted by Gasteiger charge is -2.25. The van der Waals surface area contributed by atoms with Crippen LogP contribution in [-0.4, -0.2) is 36.1 Å². The maximum atomic E-state index is 3.90. The Morgan fingerprint density at radius 3 is 2.38 bits per heavy atom. The van der Waals surface area contributed by atoms with Crippen LogP contribution in [0, 0.1) is 11.8 Å². The molecule has 1 heterocycles. The molecule has 1 aliphatic carbocycles. The SMILES string of the molecule is CC1CCC(NC2CCN(C(C)C)C2)C1C. The highest BCUT2D eigenvalue weighted by atomic mass is 15.2. The Hall–Kier alpha value is -0.0800. The maximum Gasteiger partial charge on any atom is 0.0210 e. The molecule has 4 unspecified atom stereocenters. The van der Waals surface area contributed by atoms with Crippen LogP contribution in [0.1, 0.15) is 47.0 Å². The third-order valence-corrected chi connectivity index (χ3v) is 4.87. The van der Waals surface area contributed by atoms with Crippen molar-refractivity contribution < 1.29 is 0 Å². The smallest absolute Gasteiger partial charge is 0.0210 e. The largest absolute Gasteiger partial charge is 0.310 e. The Morgan fingerprint density at radius 1 is 1.12 bits per heavy atom. The number of rotatable bonds is 3. The molecule has 0 radical (unpaired) electrons. The van der Waals surface area contributed by atoms with E-state index in [0.29, 0.717) is 6.04 Å². The average molecular weight is 224 g/mol. The van der Waals surface area contributed by atoms with Gasteiger partial charge in [0.25, 0.3) is 0 Å². The lowest BCUT2D eigenvalue weighted by molar-refractivity contribution is 0.260. The number of nitrogens with zero attached hydrogens (tertiary/aromatic N) is 1. The predicted molar refractivity (Wildman–Crippen MR) is 69.6 cm³/mol. The maximum absolute atomic E-state index is 3.90. The first-order chi connectivity index (χ1) is 7.58. The van der Waals surface area contributed by atoms with E-state index < -0.39 is 0 Å². The van der Waals surface area contributed by atoms with Crippen LogP contribution < -0.4 is 5.32 Å². The molecule has 2 heteroatoms. The topological polar surface area (TPSA) is 15.3 Å². The van der Waals surface area contributed by atoms with Crippen LogP contribution in [0.3, 0.4) is 0 Å². The summed E-state index contributed by atoms with van der Waals surface area (Å²) in [5.74, 6) is 1.79. The molecule has 2 fully saturated rings. The summed E-state index contributed by atoms with van der Waals surface area (Å²) in [5.41, 5.74) is 0. The van der Waals surface area contributed by atoms with Gasteiger partial charge in [-0.3, -0.25) is 4.90 Å². The summed E-state index contributed by atoms with van der Waals surface area (Å²) < 4.78 is 0. The van der Waals surface area contributed by atoms with Crippen LogP contribution in [0.4, 0.5) is 0 Å². The molecule has 1 N–H and O–H groups in total. The summed E-state index contributed by atoms with van der Waals surface area (Å²) in [6.07, 6.45) is 4.15. The van der Waals surface area contributed by atoms with Gasteiger partial charge in [0.15, 0.2) is 0 Å². The second kappa shape index (κ2) is 5.05. The highest BCUT2D eigenvalue weighted by Gasteiger charge is 2.33. The number of likely N-dealkylation sites (tertiary alicyclic amines) is 1. The molecule has 0 bridgehead atoms. The van der Waals surface area contributed by atoms with Crippen molar-refractivity contribution in [3.05, 3.63) is 0 Å². The summed E-state index contributed by atoms with van der Waals surface area (Å²) in [6, 6.07) is 2.25. The van der Waals surface area contributed by atoms with E-state index in [9.17, 15) is 0 Å². The lowest BCUT2D eigenvalue weighted by atomic mass is 9.97. The Labute approximate surface area is 101 Å². The van der Waals surface area contributed by atoms with E-state index in [1.165, 1.54) is 32.4 Å².